The van der Waals surface area contributed by atoms with Crippen LogP contribution < -0.4 is 0 Å². The summed E-state index contributed by atoms with van der Waals surface area (Å²) in [5.41, 5.74) is 3.26. The van der Waals surface area contributed by atoms with E-state index in [1.165, 1.54) is 20.3 Å². The van der Waals surface area contributed by atoms with Gasteiger partial charge in [-0.15, -0.1) is 0 Å². The van der Waals surface area contributed by atoms with E-state index in [9.17, 15) is 9.59 Å². The molecule has 0 aliphatic rings. The van der Waals surface area contributed by atoms with Gasteiger partial charge >= 0.3 is 11.9 Å². The summed E-state index contributed by atoms with van der Waals surface area (Å²) in [6.45, 7) is 5.62. The molecule has 130 valence electrons. The van der Waals surface area contributed by atoms with Gasteiger partial charge in [-0.3, -0.25) is 0 Å². The number of carbonyl (C=O) groups excluding carboxylic acids is 2. The van der Waals surface area contributed by atoms with E-state index < -0.39 is 0 Å². The maximum Gasteiger partial charge on any atom is 0.337 e. The van der Waals surface area contributed by atoms with Gasteiger partial charge in [0.2, 0.25) is 0 Å². The molecule has 0 N–H and O–H groups in total. The Labute approximate surface area is 148 Å². The Morgan fingerprint density at radius 1 is 0.920 bits per heavy atom. The monoisotopic (exact) mass is 338 g/mol. The Balaban J connectivity index is 0.000000251. The van der Waals surface area contributed by atoms with Crippen molar-refractivity contribution in [2.45, 2.75) is 6.92 Å². The lowest BCUT2D eigenvalue weighted by atomic mass is 10.0. The van der Waals surface area contributed by atoms with Crippen LogP contribution in [0.15, 0.2) is 67.3 Å². The van der Waals surface area contributed by atoms with Crippen LogP contribution in [-0.4, -0.2) is 26.2 Å². The van der Waals surface area contributed by atoms with E-state index in [-0.39, 0.29) is 11.9 Å². The molecule has 0 bridgehead atoms. The molecule has 2 aromatic carbocycles. The fourth-order valence-electron chi connectivity index (χ4n) is 1.94. The highest BCUT2D eigenvalue weighted by Gasteiger charge is 2.10. The number of benzene rings is 2. The van der Waals surface area contributed by atoms with Crippen LogP contribution in [0.2, 0.25) is 0 Å². The predicted molar refractivity (Wildman–Crippen MR) is 99.7 cm³/mol. The van der Waals surface area contributed by atoms with E-state index >= 15 is 0 Å². The second-order valence-electron chi connectivity index (χ2n) is 5.05. The molecule has 25 heavy (non-hydrogen) atoms. The van der Waals surface area contributed by atoms with E-state index in [1.54, 1.807) is 6.08 Å². The quantitative estimate of drug-likeness (QED) is 0.623. The minimum Gasteiger partial charge on any atom is -0.466 e. The second kappa shape index (κ2) is 10.6. The number of esters is 2. The Kier molecular flexibility index (Phi) is 8.44. The summed E-state index contributed by atoms with van der Waals surface area (Å²) in [6.07, 6.45) is 3.11. The number of methoxy groups -OCH3 is 2. The molecule has 0 saturated heterocycles. The molecule has 4 nitrogen and oxygen atoms in total. The van der Waals surface area contributed by atoms with Crippen LogP contribution in [0.3, 0.4) is 0 Å². The molecule has 0 aliphatic carbocycles. The highest BCUT2D eigenvalue weighted by molar-refractivity contribution is 6.15. The van der Waals surface area contributed by atoms with Crippen LogP contribution in [0.4, 0.5) is 0 Å². The third-order valence-corrected chi connectivity index (χ3v) is 3.31. The van der Waals surface area contributed by atoms with Gasteiger partial charge in [-0.1, -0.05) is 61.2 Å². The van der Waals surface area contributed by atoms with Gasteiger partial charge in [0.05, 0.1) is 19.8 Å². The molecule has 0 aromatic heterocycles. The maximum absolute atomic E-state index is 11.1. The maximum atomic E-state index is 11.1. The molecular formula is C21H22O4. The molecule has 0 unspecified atom stereocenters. The van der Waals surface area contributed by atoms with Crippen molar-refractivity contribution in [3.8, 4) is 0 Å². The molecule has 4 heteroatoms. The van der Waals surface area contributed by atoms with E-state index in [0.29, 0.717) is 5.57 Å². The predicted octanol–water partition coefficient (Wildman–Crippen LogP) is 4.05. The third kappa shape index (κ3) is 6.87. The van der Waals surface area contributed by atoms with Crippen molar-refractivity contribution in [2.24, 2.45) is 0 Å². The van der Waals surface area contributed by atoms with Crippen molar-refractivity contribution in [1.29, 1.82) is 0 Å². The Morgan fingerprint density at radius 2 is 1.52 bits per heavy atom. The zero-order valence-electron chi connectivity index (χ0n) is 14.7. The number of rotatable bonds is 4. The van der Waals surface area contributed by atoms with Gasteiger partial charge in [-0.2, -0.15) is 0 Å². The zero-order chi connectivity index (χ0) is 18.7. The van der Waals surface area contributed by atoms with E-state index in [2.05, 4.69) is 16.1 Å². The molecule has 2 aromatic rings. The molecule has 0 radical (unpaired) electrons. The topological polar surface area (TPSA) is 52.6 Å². The van der Waals surface area contributed by atoms with Crippen LogP contribution in [0.25, 0.3) is 11.6 Å². The first-order valence-corrected chi connectivity index (χ1v) is 7.64. The van der Waals surface area contributed by atoms with Crippen molar-refractivity contribution in [3.63, 3.8) is 0 Å². The average molecular weight is 338 g/mol. The minimum atomic E-state index is -0.380. The Hall–Kier alpha value is -3.14. The number of hydrogen-bond donors (Lipinski definition) is 0. The number of ether oxygens (including phenoxy) is 2. The first-order chi connectivity index (χ1) is 12.0. The van der Waals surface area contributed by atoms with Crippen LogP contribution in [0, 0.1) is 6.92 Å². The van der Waals surface area contributed by atoms with Crippen molar-refractivity contribution in [2.75, 3.05) is 14.2 Å². The molecule has 2 rings (SSSR count). The first kappa shape index (κ1) is 19.9. The molecule has 0 aliphatic heterocycles. The van der Waals surface area contributed by atoms with E-state index in [4.69, 9.17) is 0 Å². The smallest absolute Gasteiger partial charge is 0.337 e. The highest BCUT2D eigenvalue weighted by atomic mass is 16.5. The second-order valence-corrected chi connectivity index (χ2v) is 5.05. The van der Waals surface area contributed by atoms with Crippen LogP contribution in [0.1, 0.15) is 16.7 Å². The zero-order valence-corrected chi connectivity index (χ0v) is 14.7. The van der Waals surface area contributed by atoms with Crippen molar-refractivity contribution >= 4 is 23.6 Å². The van der Waals surface area contributed by atoms with Crippen molar-refractivity contribution in [1.82, 2.24) is 0 Å². The average Bonchev–Trinajstić information content (AvgIpc) is 2.66. The molecular weight excluding hydrogens is 316 g/mol. The minimum absolute atomic E-state index is 0.334. The van der Waals surface area contributed by atoms with Gasteiger partial charge in [0.15, 0.2) is 0 Å². The Morgan fingerprint density at radius 3 is 2.08 bits per heavy atom. The SMILES string of the molecule is C=C(C(=O)OC)c1ccccc1C.COC(=O)C=Cc1ccccc1. The number of carbonyl (C=O) groups is 2. The summed E-state index contributed by atoms with van der Waals surface area (Å²) in [5, 5.41) is 0. The molecule has 0 atom stereocenters. The van der Waals surface area contributed by atoms with Gasteiger partial charge in [0.1, 0.15) is 0 Å². The first-order valence-electron chi connectivity index (χ1n) is 7.64. The molecule has 0 spiro atoms. The summed E-state index contributed by atoms with van der Waals surface area (Å²) < 4.78 is 9.03. The van der Waals surface area contributed by atoms with Crippen LogP contribution in [0.5, 0.6) is 0 Å². The fraction of sp³-hybridized carbons (Fsp3) is 0.143. The van der Waals surface area contributed by atoms with Gasteiger partial charge in [-0.25, -0.2) is 9.59 Å². The summed E-state index contributed by atoms with van der Waals surface area (Å²) in [7, 11) is 2.71. The normalized spacial score (nSPS) is 9.72. The summed E-state index contributed by atoms with van der Waals surface area (Å²) >= 11 is 0. The van der Waals surface area contributed by atoms with Crippen molar-refractivity contribution < 1.29 is 19.1 Å². The highest BCUT2D eigenvalue weighted by Crippen LogP contribution is 2.17. The van der Waals surface area contributed by atoms with Crippen LogP contribution in [-0.2, 0) is 19.1 Å². The van der Waals surface area contributed by atoms with Gasteiger partial charge < -0.3 is 9.47 Å². The lowest BCUT2D eigenvalue weighted by Gasteiger charge is -2.06. The van der Waals surface area contributed by atoms with Gasteiger partial charge in [0, 0.05) is 6.08 Å². The lowest BCUT2D eigenvalue weighted by Crippen LogP contribution is -2.03. The lowest BCUT2D eigenvalue weighted by molar-refractivity contribution is -0.135. The van der Waals surface area contributed by atoms with Gasteiger partial charge in [0.25, 0.3) is 0 Å². The third-order valence-electron chi connectivity index (χ3n) is 3.31. The van der Waals surface area contributed by atoms with Gasteiger partial charge in [-0.05, 0) is 29.7 Å². The molecule has 0 saturated carbocycles. The van der Waals surface area contributed by atoms with Crippen LogP contribution >= 0.6 is 0 Å². The largest absolute Gasteiger partial charge is 0.466 e. The fourth-order valence-corrected chi connectivity index (χ4v) is 1.94. The van der Waals surface area contributed by atoms with Crippen molar-refractivity contribution in [3.05, 3.63) is 83.9 Å². The molecule has 0 fully saturated rings. The standard InChI is InChI=1S/C11H12O2.C10H10O2/c1-8-6-4-5-7-10(8)9(2)11(12)13-3;1-12-10(11)8-7-9-5-3-2-4-6-9/h4-7H,2H2,1,3H3;2-8H,1H3. The molecule has 0 heterocycles. The van der Waals surface area contributed by atoms with E-state index in [1.807, 2.05) is 61.5 Å². The van der Waals surface area contributed by atoms with E-state index in [0.717, 1.165) is 16.7 Å². The summed E-state index contributed by atoms with van der Waals surface area (Å²) in [4.78, 5) is 21.8. The summed E-state index contributed by atoms with van der Waals surface area (Å²) in [6, 6.07) is 17.2. The molecule has 0 amide bonds. The summed E-state index contributed by atoms with van der Waals surface area (Å²) in [5.74, 6) is -0.715. The number of aryl methyl sites for hydroxylation is 1. The Bertz CT molecular complexity index is 746. The number of hydrogen-bond acceptors (Lipinski definition) is 4.